The van der Waals surface area contributed by atoms with Crippen LogP contribution in [0.4, 0.5) is 5.69 Å². The van der Waals surface area contributed by atoms with Crippen molar-refractivity contribution < 1.29 is 14.2 Å². The van der Waals surface area contributed by atoms with E-state index in [1.165, 1.54) is 0 Å². The zero-order chi connectivity index (χ0) is 9.97. The van der Waals surface area contributed by atoms with Gasteiger partial charge in [0.2, 0.25) is 0 Å². The quantitative estimate of drug-likeness (QED) is 0.723. The summed E-state index contributed by atoms with van der Waals surface area (Å²) in [7, 11) is 1.59. The van der Waals surface area contributed by atoms with E-state index in [-0.39, 0.29) is 6.29 Å². The van der Waals surface area contributed by atoms with E-state index in [1.807, 2.05) is 18.2 Å². The number of rotatable bonds is 2. The molecule has 1 aliphatic heterocycles. The fourth-order valence-corrected chi connectivity index (χ4v) is 1.45. The molecule has 0 atom stereocenters. The summed E-state index contributed by atoms with van der Waals surface area (Å²) >= 11 is 0. The summed E-state index contributed by atoms with van der Waals surface area (Å²) in [6, 6.07) is 5.52. The van der Waals surface area contributed by atoms with Gasteiger partial charge in [0.05, 0.1) is 26.0 Å². The molecule has 0 aromatic heterocycles. The molecule has 1 heterocycles. The standard InChI is InChI=1S/C10H13NO3/c1-12-9-3-2-7(6-8(9)11)10-13-4-5-14-10/h2-3,6,10H,4-5,11H2,1H3. The number of anilines is 1. The molecule has 2 N–H and O–H groups in total. The van der Waals surface area contributed by atoms with Crippen molar-refractivity contribution in [2.75, 3.05) is 26.1 Å². The summed E-state index contributed by atoms with van der Waals surface area (Å²) < 4.78 is 15.8. The van der Waals surface area contributed by atoms with Gasteiger partial charge in [-0.3, -0.25) is 0 Å². The molecule has 1 aliphatic rings. The smallest absolute Gasteiger partial charge is 0.184 e. The number of nitrogen functional groups attached to an aromatic ring is 1. The van der Waals surface area contributed by atoms with Crippen LogP contribution in [0.5, 0.6) is 5.75 Å². The third-order valence-electron chi connectivity index (χ3n) is 2.15. The molecule has 4 heteroatoms. The molecule has 0 amide bonds. The van der Waals surface area contributed by atoms with Crippen LogP contribution >= 0.6 is 0 Å². The molecular formula is C10H13NO3. The highest BCUT2D eigenvalue weighted by Gasteiger charge is 2.18. The first kappa shape index (κ1) is 9.30. The average molecular weight is 195 g/mol. The predicted octanol–water partition coefficient (Wildman–Crippen LogP) is 1.32. The van der Waals surface area contributed by atoms with Gasteiger partial charge in [-0.2, -0.15) is 0 Å². The maximum atomic E-state index is 5.76. The van der Waals surface area contributed by atoms with Crippen LogP contribution in [-0.2, 0) is 9.47 Å². The van der Waals surface area contributed by atoms with Crippen LogP contribution in [0.2, 0.25) is 0 Å². The third kappa shape index (κ3) is 1.66. The lowest BCUT2D eigenvalue weighted by atomic mass is 10.2. The molecule has 1 aromatic rings. The zero-order valence-corrected chi connectivity index (χ0v) is 8.03. The van der Waals surface area contributed by atoms with Crippen molar-refractivity contribution in [3.05, 3.63) is 23.8 Å². The van der Waals surface area contributed by atoms with E-state index >= 15 is 0 Å². The fourth-order valence-electron chi connectivity index (χ4n) is 1.45. The van der Waals surface area contributed by atoms with Crippen LogP contribution < -0.4 is 10.5 Å². The molecular weight excluding hydrogens is 182 g/mol. The highest BCUT2D eigenvalue weighted by Crippen LogP contribution is 2.29. The van der Waals surface area contributed by atoms with E-state index in [1.54, 1.807) is 7.11 Å². The fraction of sp³-hybridized carbons (Fsp3) is 0.400. The van der Waals surface area contributed by atoms with E-state index in [4.69, 9.17) is 19.9 Å². The second kappa shape index (κ2) is 3.86. The van der Waals surface area contributed by atoms with Gasteiger partial charge in [-0.1, -0.05) is 6.07 Å². The van der Waals surface area contributed by atoms with E-state index in [2.05, 4.69) is 0 Å². The first-order valence-electron chi connectivity index (χ1n) is 4.48. The molecule has 0 aliphatic carbocycles. The predicted molar refractivity (Wildman–Crippen MR) is 52.1 cm³/mol. The first-order valence-corrected chi connectivity index (χ1v) is 4.48. The van der Waals surface area contributed by atoms with E-state index in [0.717, 1.165) is 5.56 Å². The van der Waals surface area contributed by atoms with Crippen molar-refractivity contribution in [2.24, 2.45) is 0 Å². The molecule has 1 aromatic carbocycles. The Hall–Kier alpha value is -1.26. The van der Waals surface area contributed by atoms with Crippen LogP contribution in [0.1, 0.15) is 11.9 Å². The van der Waals surface area contributed by atoms with Crippen molar-refractivity contribution in [3.63, 3.8) is 0 Å². The SMILES string of the molecule is COc1ccc(C2OCCO2)cc1N. The number of benzene rings is 1. The average Bonchev–Trinajstić information content (AvgIpc) is 2.70. The van der Waals surface area contributed by atoms with Gasteiger partial charge < -0.3 is 19.9 Å². The van der Waals surface area contributed by atoms with Crippen molar-refractivity contribution >= 4 is 5.69 Å². The van der Waals surface area contributed by atoms with Crippen LogP contribution in [0.3, 0.4) is 0 Å². The van der Waals surface area contributed by atoms with Crippen LogP contribution in [-0.4, -0.2) is 20.3 Å². The lowest BCUT2D eigenvalue weighted by molar-refractivity contribution is -0.0440. The first-order chi connectivity index (χ1) is 6.81. The number of methoxy groups -OCH3 is 1. The lowest BCUT2D eigenvalue weighted by Crippen LogP contribution is -2.00. The van der Waals surface area contributed by atoms with Crippen LogP contribution in [0.15, 0.2) is 18.2 Å². The zero-order valence-electron chi connectivity index (χ0n) is 8.03. The topological polar surface area (TPSA) is 53.7 Å². The maximum absolute atomic E-state index is 5.76. The molecule has 2 rings (SSSR count). The lowest BCUT2D eigenvalue weighted by Gasteiger charge is -2.11. The Morgan fingerprint density at radius 2 is 2.07 bits per heavy atom. The Morgan fingerprint density at radius 1 is 1.36 bits per heavy atom. The molecule has 76 valence electrons. The van der Waals surface area contributed by atoms with Gasteiger partial charge in [0.1, 0.15) is 5.75 Å². The minimum Gasteiger partial charge on any atom is -0.495 e. The van der Waals surface area contributed by atoms with Gasteiger partial charge in [-0.05, 0) is 12.1 Å². The Morgan fingerprint density at radius 3 is 2.64 bits per heavy atom. The Kier molecular flexibility index (Phi) is 2.56. The molecule has 0 spiro atoms. The number of hydrogen-bond donors (Lipinski definition) is 1. The molecule has 0 radical (unpaired) electrons. The molecule has 1 saturated heterocycles. The summed E-state index contributed by atoms with van der Waals surface area (Å²) in [6.07, 6.45) is -0.275. The molecule has 0 bridgehead atoms. The number of hydrogen-bond acceptors (Lipinski definition) is 4. The molecule has 4 nitrogen and oxygen atoms in total. The summed E-state index contributed by atoms with van der Waals surface area (Å²) in [5, 5.41) is 0. The third-order valence-corrected chi connectivity index (χ3v) is 2.15. The Labute approximate surface area is 82.6 Å². The molecule has 1 fully saturated rings. The van der Waals surface area contributed by atoms with Crippen molar-refractivity contribution in [1.29, 1.82) is 0 Å². The van der Waals surface area contributed by atoms with Crippen molar-refractivity contribution in [3.8, 4) is 5.75 Å². The van der Waals surface area contributed by atoms with E-state index in [0.29, 0.717) is 24.7 Å². The normalized spacial score (nSPS) is 17.2. The largest absolute Gasteiger partial charge is 0.495 e. The summed E-state index contributed by atoms with van der Waals surface area (Å²) in [4.78, 5) is 0. The second-order valence-electron chi connectivity index (χ2n) is 3.07. The Bertz CT molecular complexity index is 321. The van der Waals surface area contributed by atoms with Crippen LogP contribution in [0.25, 0.3) is 0 Å². The van der Waals surface area contributed by atoms with Gasteiger partial charge >= 0.3 is 0 Å². The number of ether oxygens (including phenoxy) is 3. The number of nitrogens with two attached hydrogens (primary N) is 1. The van der Waals surface area contributed by atoms with Crippen molar-refractivity contribution in [1.82, 2.24) is 0 Å². The van der Waals surface area contributed by atoms with Crippen LogP contribution in [0, 0.1) is 0 Å². The molecule has 14 heavy (non-hydrogen) atoms. The van der Waals surface area contributed by atoms with Crippen molar-refractivity contribution in [2.45, 2.75) is 6.29 Å². The van der Waals surface area contributed by atoms with Gasteiger partial charge in [-0.15, -0.1) is 0 Å². The summed E-state index contributed by atoms with van der Waals surface area (Å²) in [5.74, 6) is 0.673. The maximum Gasteiger partial charge on any atom is 0.184 e. The minimum atomic E-state index is -0.275. The summed E-state index contributed by atoms with van der Waals surface area (Å²) in [6.45, 7) is 1.27. The van der Waals surface area contributed by atoms with E-state index in [9.17, 15) is 0 Å². The van der Waals surface area contributed by atoms with E-state index < -0.39 is 0 Å². The highest BCUT2D eigenvalue weighted by molar-refractivity contribution is 5.54. The monoisotopic (exact) mass is 195 g/mol. The van der Waals surface area contributed by atoms with Gasteiger partial charge in [-0.25, -0.2) is 0 Å². The second-order valence-corrected chi connectivity index (χ2v) is 3.07. The Balaban J connectivity index is 2.23. The highest BCUT2D eigenvalue weighted by atomic mass is 16.7. The van der Waals surface area contributed by atoms with Gasteiger partial charge in [0.15, 0.2) is 6.29 Å². The van der Waals surface area contributed by atoms with Gasteiger partial charge in [0.25, 0.3) is 0 Å². The minimum absolute atomic E-state index is 0.275. The summed E-state index contributed by atoms with van der Waals surface area (Å²) in [5.41, 5.74) is 7.30. The molecule has 0 saturated carbocycles. The van der Waals surface area contributed by atoms with Gasteiger partial charge in [0, 0.05) is 5.56 Å². The molecule has 0 unspecified atom stereocenters.